The molecular weight excluding hydrogens is 424 g/mol. The molecule has 0 saturated carbocycles. The fourth-order valence-electron chi connectivity index (χ4n) is 3.83. The highest BCUT2D eigenvalue weighted by Crippen LogP contribution is 2.27. The largest absolute Gasteiger partial charge is 0.497 e. The number of aryl methyl sites for hydroxylation is 1. The number of hydrogen-bond donors (Lipinski definition) is 2. The van der Waals surface area contributed by atoms with Crippen molar-refractivity contribution in [3.05, 3.63) is 65.4 Å². The molecule has 2 aromatic heterocycles. The number of nitrogen functional groups attached to an aromatic ring is 1. The molecule has 0 aliphatic heterocycles. The van der Waals surface area contributed by atoms with Gasteiger partial charge in [-0.2, -0.15) is 9.78 Å². The number of carbonyl (C=O) groups excluding carboxylic acids is 1. The summed E-state index contributed by atoms with van der Waals surface area (Å²) in [7, 11) is 1.64. The quantitative estimate of drug-likeness (QED) is 0.446. The molecule has 0 unspecified atom stereocenters. The number of nitrogens with zero attached hydrogens (tertiary/aromatic N) is 6. The number of ether oxygens (including phenoxy) is 1. The maximum absolute atomic E-state index is 13.1. The molecule has 11 heteroatoms. The molecule has 1 aliphatic rings. The van der Waals surface area contributed by atoms with Gasteiger partial charge < -0.3 is 10.5 Å². The molecule has 0 fully saturated rings. The van der Waals surface area contributed by atoms with Crippen LogP contribution in [0.3, 0.4) is 0 Å². The molecule has 0 atom stereocenters. The molecule has 0 bridgehead atoms. The van der Waals surface area contributed by atoms with Crippen molar-refractivity contribution in [3.8, 4) is 22.8 Å². The summed E-state index contributed by atoms with van der Waals surface area (Å²) >= 11 is 0. The number of anilines is 1. The van der Waals surface area contributed by atoms with Crippen LogP contribution in [0.5, 0.6) is 5.75 Å². The number of methoxy groups -OCH3 is 1. The molecule has 3 N–H and O–H groups in total. The lowest BCUT2D eigenvalue weighted by molar-refractivity contribution is 0.0950. The molecule has 166 valence electrons. The monoisotopic (exact) mass is 444 g/mol. The van der Waals surface area contributed by atoms with Crippen LogP contribution in [0, 0.1) is 0 Å². The first-order valence-corrected chi connectivity index (χ1v) is 10.3. The fraction of sp³-hybridized carbons (Fsp3) is 0.182. The highest BCUT2D eigenvalue weighted by atomic mass is 16.6. The standard InChI is InChI=1S/C22H20N8O3/c1-32-15-10-11-16-14(12-15)8-5-9-17(16)24-26-22(31)18-19(13-6-3-2-4-7-13)30(29-25-18)21-20(23)27-33-28-21/h2-4,6-7,10-12H,5,8-9H2,1H3,(H2,23,27)(H,26,31). The van der Waals surface area contributed by atoms with E-state index < -0.39 is 5.91 Å². The predicted molar refractivity (Wildman–Crippen MR) is 119 cm³/mol. The van der Waals surface area contributed by atoms with Gasteiger partial charge in [-0.3, -0.25) is 4.79 Å². The molecule has 1 amide bonds. The van der Waals surface area contributed by atoms with Gasteiger partial charge in [-0.05, 0) is 53.3 Å². The van der Waals surface area contributed by atoms with Crippen LogP contribution in [-0.2, 0) is 6.42 Å². The molecule has 5 rings (SSSR count). The van der Waals surface area contributed by atoms with E-state index in [-0.39, 0.29) is 17.3 Å². The first kappa shape index (κ1) is 20.4. The van der Waals surface area contributed by atoms with Gasteiger partial charge in [0.15, 0.2) is 5.69 Å². The number of nitrogens with one attached hydrogen (secondary N) is 1. The van der Waals surface area contributed by atoms with Crippen molar-refractivity contribution in [2.75, 3.05) is 12.8 Å². The van der Waals surface area contributed by atoms with E-state index in [0.717, 1.165) is 41.9 Å². The van der Waals surface area contributed by atoms with Crippen molar-refractivity contribution in [1.82, 2.24) is 30.7 Å². The van der Waals surface area contributed by atoms with Gasteiger partial charge in [-0.25, -0.2) is 10.1 Å². The highest BCUT2D eigenvalue weighted by Gasteiger charge is 2.25. The zero-order valence-corrected chi connectivity index (χ0v) is 17.7. The molecule has 11 nitrogen and oxygen atoms in total. The Bertz CT molecular complexity index is 1340. The summed E-state index contributed by atoms with van der Waals surface area (Å²) in [5.74, 6) is 0.452. The van der Waals surface area contributed by atoms with Crippen LogP contribution in [0.25, 0.3) is 17.1 Å². The minimum atomic E-state index is -0.511. The second-order valence-electron chi connectivity index (χ2n) is 7.41. The second kappa shape index (κ2) is 8.54. The molecule has 0 spiro atoms. The molecular formula is C22H20N8O3. The van der Waals surface area contributed by atoms with E-state index in [2.05, 4.69) is 31.2 Å². The lowest BCUT2D eigenvalue weighted by Gasteiger charge is -2.18. The highest BCUT2D eigenvalue weighted by molar-refractivity contribution is 6.04. The van der Waals surface area contributed by atoms with Crippen molar-refractivity contribution in [1.29, 1.82) is 0 Å². The topological polar surface area (TPSA) is 146 Å². The Morgan fingerprint density at radius 2 is 2.03 bits per heavy atom. The Balaban J connectivity index is 1.49. The van der Waals surface area contributed by atoms with Crippen LogP contribution in [-0.4, -0.2) is 44.0 Å². The number of rotatable bonds is 5. The number of nitrogens with two attached hydrogens (primary N) is 1. The van der Waals surface area contributed by atoms with E-state index >= 15 is 0 Å². The van der Waals surface area contributed by atoms with Crippen LogP contribution < -0.4 is 15.9 Å². The van der Waals surface area contributed by atoms with Crippen LogP contribution in [0.2, 0.25) is 0 Å². The Hall–Kier alpha value is -4.54. The summed E-state index contributed by atoms with van der Waals surface area (Å²) in [5, 5.41) is 19.9. The number of carbonyl (C=O) groups is 1. The summed E-state index contributed by atoms with van der Waals surface area (Å²) < 4.78 is 11.3. The first-order valence-electron chi connectivity index (χ1n) is 10.3. The number of amides is 1. The third-order valence-electron chi connectivity index (χ3n) is 5.40. The van der Waals surface area contributed by atoms with Gasteiger partial charge in [0.2, 0.25) is 11.6 Å². The molecule has 0 radical (unpaired) electrons. The number of benzene rings is 2. The van der Waals surface area contributed by atoms with Gasteiger partial charge in [-0.1, -0.05) is 35.5 Å². The van der Waals surface area contributed by atoms with Crippen molar-refractivity contribution >= 4 is 17.4 Å². The summed E-state index contributed by atoms with van der Waals surface area (Å²) in [6, 6.07) is 15.0. The average Bonchev–Trinajstić information content (AvgIpc) is 3.48. The van der Waals surface area contributed by atoms with E-state index in [9.17, 15) is 4.79 Å². The summed E-state index contributed by atoms with van der Waals surface area (Å²) in [5.41, 5.74) is 12.6. The molecule has 1 aliphatic carbocycles. The zero-order valence-electron chi connectivity index (χ0n) is 17.7. The van der Waals surface area contributed by atoms with Gasteiger partial charge in [-0.15, -0.1) is 5.10 Å². The van der Waals surface area contributed by atoms with E-state index in [1.165, 1.54) is 4.68 Å². The first-order chi connectivity index (χ1) is 16.2. The number of hydrogen-bond acceptors (Lipinski definition) is 9. The van der Waals surface area contributed by atoms with Crippen molar-refractivity contribution in [3.63, 3.8) is 0 Å². The average molecular weight is 444 g/mol. The van der Waals surface area contributed by atoms with Crippen molar-refractivity contribution in [2.24, 2.45) is 5.10 Å². The maximum Gasteiger partial charge on any atom is 0.294 e. The second-order valence-corrected chi connectivity index (χ2v) is 7.41. The van der Waals surface area contributed by atoms with Gasteiger partial charge in [0, 0.05) is 11.1 Å². The smallest absolute Gasteiger partial charge is 0.294 e. The Morgan fingerprint density at radius 1 is 1.18 bits per heavy atom. The molecule has 2 aromatic carbocycles. The summed E-state index contributed by atoms with van der Waals surface area (Å²) in [6.45, 7) is 0. The minimum absolute atomic E-state index is 0.0264. The summed E-state index contributed by atoms with van der Waals surface area (Å²) in [4.78, 5) is 13.1. The SMILES string of the molecule is COc1ccc2c(c1)CCCC2=NNC(=O)c1nnn(-c2nonc2N)c1-c1ccccc1. The van der Waals surface area contributed by atoms with Gasteiger partial charge in [0.1, 0.15) is 11.4 Å². The number of aromatic nitrogens is 5. The third-order valence-corrected chi connectivity index (χ3v) is 5.40. The maximum atomic E-state index is 13.1. The van der Waals surface area contributed by atoms with Crippen LogP contribution in [0.15, 0.2) is 58.3 Å². The van der Waals surface area contributed by atoms with Crippen LogP contribution in [0.1, 0.15) is 34.5 Å². The lowest BCUT2D eigenvalue weighted by Crippen LogP contribution is -2.23. The molecule has 4 aromatic rings. The zero-order chi connectivity index (χ0) is 22.8. The van der Waals surface area contributed by atoms with Crippen LogP contribution in [0.4, 0.5) is 5.82 Å². The van der Waals surface area contributed by atoms with E-state index in [4.69, 9.17) is 15.1 Å². The van der Waals surface area contributed by atoms with E-state index in [0.29, 0.717) is 11.3 Å². The van der Waals surface area contributed by atoms with Gasteiger partial charge in [0.25, 0.3) is 5.91 Å². The molecule has 2 heterocycles. The lowest BCUT2D eigenvalue weighted by atomic mass is 9.90. The minimum Gasteiger partial charge on any atom is -0.497 e. The molecule has 33 heavy (non-hydrogen) atoms. The number of fused-ring (bicyclic) bond motifs is 1. The van der Waals surface area contributed by atoms with Crippen molar-refractivity contribution in [2.45, 2.75) is 19.3 Å². The third kappa shape index (κ3) is 3.80. The Kier molecular flexibility index (Phi) is 5.27. The summed E-state index contributed by atoms with van der Waals surface area (Å²) in [6.07, 6.45) is 2.61. The Labute approximate surface area is 188 Å². The predicted octanol–water partition coefficient (Wildman–Crippen LogP) is 2.38. The van der Waals surface area contributed by atoms with E-state index in [1.54, 1.807) is 7.11 Å². The van der Waals surface area contributed by atoms with E-state index in [1.807, 2.05) is 48.5 Å². The van der Waals surface area contributed by atoms with Gasteiger partial charge >= 0.3 is 0 Å². The fourth-order valence-corrected chi connectivity index (χ4v) is 3.83. The number of hydrazone groups is 1. The normalized spacial score (nSPS) is 14.2. The Morgan fingerprint density at radius 3 is 2.79 bits per heavy atom. The van der Waals surface area contributed by atoms with Crippen molar-refractivity contribution < 1.29 is 14.2 Å². The van der Waals surface area contributed by atoms with Gasteiger partial charge in [0.05, 0.1) is 12.8 Å². The van der Waals surface area contributed by atoms with Crippen LogP contribution >= 0.6 is 0 Å². The molecule has 0 saturated heterocycles.